The lowest BCUT2D eigenvalue weighted by molar-refractivity contribution is 0.0633. The van der Waals surface area contributed by atoms with Crippen LogP contribution in [0, 0.1) is 6.92 Å². The Hall–Kier alpha value is -2.63. The second kappa shape index (κ2) is 9.25. The van der Waals surface area contributed by atoms with Gasteiger partial charge in [-0.05, 0) is 36.1 Å². The maximum atomic E-state index is 12.9. The number of aryl methyl sites for hydroxylation is 1. The number of benzene rings is 2. The molecule has 1 saturated heterocycles. The summed E-state index contributed by atoms with van der Waals surface area (Å²) in [5.74, 6) is 0.979. The summed E-state index contributed by atoms with van der Waals surface area (Å²) in [6.45, 7) is 6.93. The number of hydrogen-bond donors (Lipinski definition) is 0. The molecule has 2 heterocycles. The standard InChI is InChI=1S/C24H26N2O2S/c1-19-6-5-7-20(14-19)16-25-10-12-26(13-11-25)24(27)23-15-21(18-29-23)17-28-22-8-3-2-4-9-22/h2-9,14-15,18H,10-13,16-17H2,1H3. The van der Waals surface area contributed by atoms with Crippen LogP contribution in [0.2, 0.25) is 0 Å². The van der Waals surface area contributed by atoms with Crippen LogP contribution < -0.4 is 4.74 Å². The lowest BCUT2D eigenvalue weighted by Crippen LogP contribution is -2.48. The van der Waals surface area contributed by atoms with E-state index < -0.39 is 0 Å². The Morgan fingerprint density at radius 3 is 2.52 bits per heavy atom. The first-order valence-corrected chi connectivity index (χ1v) is 10.9. The van der Waals surface area contributed by atoms with Crippen molar-refractivity contribution in [3.63, 3.8) is 0 Å². The molecule has 0 saturated carbocycles. The van der Waals surface area contributed by atoms with Gasteiger partial charge in [0.05, 0.1) is 4.88 Å². The summed E-state index contributed by atoms with van der Waals surface area (Å²) >= 11 is 1.51. The molecule has 150 valence electrons. The van der Waals surface area contributed by atoms with Crippen molar-refractivity contribution in [3.05, 3.63) is 87.6 Å². The zero-order valence-electron chi connectivity index (χ0n) is 16.7. The number of amides is 1. The summed E-state index contributed by atoms with van der Waals surface area (Å²) in [7, 11) is 0. The van der Waals surface area contributed by atoms with E-state index in [1.807, 2.05) is 46.7 Å². The van der Waals surface area contributed by atoms with Gasteiger partial charge in [-0.3, -0.25) is 9.69 Å². The molecule has 0 aliphatic carbocycles. The van der Waals surface area contributed by atoms with Gasteiger partial charge in [-0.2, -0.15) is 0 Å². The van der Waals surface area contributed by atoms with E-state index >= 15 is 0 Å². The Bertz CT molecular complexity index is 946. The molecule has 1 aliphatic rings. The van der Waals surface area contributed by atoms with Gasteiger partial charge in [0.1, 0.15) is 12.4 Å². The van der Waals surface area contributed by atoms with Crippen molar-refractivity contribution in [2.24, 2.45) is 0 Å². The third-order valence-corrected chi connectivity index (χ3v) is 6.13. The van der Waals surface area contributed by atoms with Gasteiger partial charge in [0, 0.05) is 38.3 Å². The van der Waals surface area contributed by atoms with Crippen LogP contribution in [0.25, 0.3) is 0 Å². The van der Waals surface area contributed by atoms with Crippen molar-refractivity contribution in [1.82, 2.24) is 9.80 Å². The first kappa shape index (κ1) is 19.7. The van der Waals surface area contributed by atoms with Crippen LogP contribution in [0.15, 0.2) is 66.0 Å². The maximum absolute atomic E-state index is 12.9. The molecule has 0 atom stereocenters. The molecular weight excluding hydrogens is 380 g/mol. The van der Waals surface area contributed by atoms with E-state index in [0.29, 0.717) is 6.61 Å². The third kappa shape index (κ3) is 5.25. The van der Waals surface area contributed by atoms with E-state index in [9.17, 15) is 4.79 Å². The van der Waals surface area contributed by atoms with Crippen molar-refractivity contribution in [3.8, 4) is 5.75 Å². The smallest absolute Gasteiger partial charge is 0.264 e. The molecule has 1 fully saturated rings. The molecule has 1 aromatic heterocycles. The fourth-order valence-corrected chi connectivity index (χ4v) is 4.44. The minimum absolute atomic E-state index is 0.135. The van der Waals surface area contributed by atoms with Gasteiger partial charge in [0.2, 0.25) is 0 Å². The molecule has 4 nitrogen and oxygen atoms in total. The van der Waals surface area contributed by atoms with Crippen molar-refractivity contribution in [1.29, 1.82) is 0 Å². The average Bonchev–Trinajstić information content (AvgIpc) is 3.22. The molecule has 0 radical (unpaired) electrons. The summed E-state index contributed by atoms with van der Waals surface area (Å²) < 4.78 is 5.78. The van der Waals surface area contributed by atoms with Crippen LogP contribution in [0.1, 0.15) is 26.4 Å². The quantitative estimate of drug-likeness (QED) is 0.600. The summed E-state index contributed by atoms with van der Waals surface area (Å²) in [4.78, 5) is 18.1. The highest BCUT2D eigenvalue weighted by Gasteiger charge is 2.23. The highest BCUT2D eigenvalue weighted by Crippen LogP contribution is 2.20. The molecule has 3 aromatic rings. The minimum atomic E-state index is 0.135. The number of ether oxygens (including phenoxy) is 1. The van der Waals surface area contributed by atoms with Crippen LogP contribution in [-0.4, -0.2) is 41.9 Å². The number of nitrogens with zero attached hydrogens (tertiary/aromatic N) is 2. The van der Waals surface area contributed by atoms with Gasteiger partial charge in [0.15, 0.2) is 0 Å². The number of carbonyl (C=O) groups excluding carboxylic acids is 1. The maximum Gasteiger partial charge on any atom is 0.264 e. The molecule has 29 heavy (non-hydrogen) atoms. The topological polar surface area (TPSA) is 32.8 Å². The van der Waals surface area contributed by atoms with Gasteiger partial charge in [-0.15, -0.1) is 11.3 Å². The minimum Gasteiger partial charge on any atom is -0.489 e. The lowest BCUT2D eigenvalue weighted by atomic mass is 10.1. The van der Waals surface area contributed by atoms with Gasteiger partial charge in [0.25, 0.3) is 5.91 Å². The van der Waals surface area contributed by atoms with E-state index in [1.54, 1.807) is 0 Å². The van der Waals surface area contributed by atoms with Crippen molar-refractivity contribution < 1.29 is 9.53 Å². The zero-order valence-corrected chi connectivity index (χ0v) is 17.5. The highest BCUT2D eigenvalue weighted by molar-refractivity contribution is 7.12. The summed E-state index contributed by atoms with van der Waals surface area (Å²) in [5, 5.41) is 2.02. The molecule has 4 rings (SSSR count). The van der Waals surface area contributed by atoms with Gasteiger partial charge < -0.3 is 9.64 Å². The summed E-state index contributed by atoms with van der Waals surface area (Å²) in [6, 6.07) is 20.4. The fraction of sp³-hybridized carbons (Fsp3) is 0.292. The molecule has 5 heteroatoms. The van der Waals surface area contributed by atoms with Crippen LogP contribution in [0.5, 0.6) is 5.75 Å². The Morgan fingerprint density at radius 1 is 0.966 bits per heavy atom. The first-order valence-electron chi connectivity index (χ1n) is 10.00. The molecule has 1 aliphatic heterocycles. The van der Waals surface area contributed by atoms with E-state index in [-0.39, 0.29) is 5.91 Å². The van der Waals surface area contributed by atoms with Crippen molar-refractivity contribution in [2.75, 3.05) is 26.2 Å². The molecule has 2 aromatic carbocycles. The molecular formula is C24H26N2O2S. The Kier molecular flexibility index (Phi) is 6.27. The molecule has 0 spiro atoms. The SMILES string of the molecule is Cc1cccc(CN2CCN(C(=O)c3cc(COc4ccccc4)cs3)CC2)c1. The highest BCUT2D eigenvalue weighted by atomic mass is 32.1. The lowest BCUT2D eigenvalue weighted by Gasteiger charge is -2.34. The monoisotopic (exact) mass is 406 g/mol. The number of thiophene rings is 1. The predicted molar refractivity (Wildman–Crippen MR) is 117 cm³/mol. The van der Waals surface area contributed by atoms with Gasteiger partial charge in [-0.1, -0.05) is 48.0 Å². The molecule has 0 N–H and O–H groups in total. The third-order valence-electron chi connectivity index (χ3n) is 5.16. The van der Waals surface area contributed by atoms with E-state index in [4.69, 9.17) is 4.74 Å². The Balaban J connectivity index is 1.28. The van der Waals surface area contributed by atoms with Crippen molar-refractivity contribution >= 4 is 17.2 Å². The van der Waals surface area contributed by atoms with Crippen LogP contribution in [0.4, 0.5) is 0 Å². The second-order valence-electron chi connectivity index (χ2n) is 7.48. The number of piperazine rings is 1. The first-order chi connectivity index (χ1) is 14.2. The number of para-hydroxylation sites is 1. The normalized spacial score (nSPS) is 14.7. The van der Waals surface area contributed by atoms with Crippen LogP contribution >= 0.6 is 11.3 Å². The van der Waals surface area contributed by atoms with E-state index in [1.165, 1.54) is 22.5 Å². The molecule has 1 amide bonds. The second-order valence-corrected chi connectivity index (χ2v) is 8.39. The van der Waals surface area contributed by atoms with Crippen LogP contribution in [-0.2, 0) is 13.2 Å². The Labute approximate surface area is 176 Å². The van der Waals surface area contributed by atoms with Gasteiger partial charge in [-0.25, -0.2) is 0 Å². The largest absolute Gasteiger partial charge is 0.489 e. The van der Waals surface area contributed by atoms with Crippen LogP contribution in [0.3, 0.4) is 0 Å². The predicted octanol–water partition coefficient (Wildman–Crippen LogP) is 4.59. The molecule has 0 bridgehead atoms. The average molecular weight is 407 g/mol. The number of hydrogen-bond acceptors (Lipinski definition) is 4. The summed E-state index contributed by atoms with van der Waals surface area (Å²) in [6.07, 6.45) is 0. The Morgan fingerprint density at radius 2 is 1.76 bits per heavy atom. The van der Waals surface area contributed by atoms with E-state index in [2.05, 4.69) is 36.1 Å². The number of carbonyl (C=O) groups is 1. The number of rotatable bonds is 6. The summed E-state index contributed by atoms with van der Waals surface area (Å²) in [5.41, 5.74) is 3.67. The van der Waals surface area contributed by atoms with E-state index in [0.717, 1.165) is 48.9 Å². The van der Waals surface area contributed by atoms with Gasteiger partial charge >= 0.3 is 0 Å². The fourth-order valence-electron chi connectivity index (χ4n) is 3.58. The van der Waals surface area contributed by atoms with Crippen molar-refractivity contribution in [2.45, 2.75) is 20.1 Å². The zero-order chi connectivity index (χ0) is 20.1. The molecule has 0 unspecified atom stereocenters.